The number of benzene rings is 6. The largest absolute Gasteiger partial charge is 0.436 e. The molecule has 0 aliphatic carbocycles. The molecular formula is C38H24N4O. The predicted octanol–water partition coefficient (Wildman–Crippen LogP) is 9.50. The molecule has 0 fully saturated rings. The van der Waals surface area contributed by atoms with E-state index in [-0.39, 0.29) is 0 Å². The summed E-state index contributed by atoms with van der Waals surface area (Å²) >= 11 is 0. The second-order valence-electron chi connectivity index (χ2n) is 10.4. The number of oxazole rings is 1. The van der Waals surface area contributed by atoms with Crippen molar-refractivity contribution in [3.05, 3.63) is 146 Å². The van der Waals surface area contributed by atoms with Crippen LogP contribution >= 0.6 is 0 Å². The molecule has 2 heterocycles. The Kier molecular flexibility index (Phi) is 6.05. The molecule has 0 saturated carbocycles. The third-order valence-electron chi connectivity index (χ3n) is 7.54. The van der Waals surface area contributed by atoms with Gasteiger partial charge in [0.25, 0.3) is 0 Å². The van der Waals surface area contributed by atoms with Gasteiger partial charge in [0.15, 0.2) is 23.1 Å². The van der Waals surface area contributed by atoms with Gasteiger partial charge in [-0.25, -0.2) is 19.9 Å². The molecule has 0 spiro atoms. The van der Waals surface area contributed by atoms with Crippen LogP contribution in [0.4, 0.5) is 0 Å². The summed E-state index contributed by atoms with van der Waals surface area (Å²) in [5.41, 5.74) is 7.60. The van der Waals surface area contributed by atoms with Gasteiger partial charge in [0.05, 0.1) is 0 Å². The van der Waals surface area contributed by atoms with E-state index in [0.29, 0.717) is 23.4 Å². The van der Waals surface area contributed by atoms with E-state index in [1.807, 2.05) is 97.1 Å². The standard InChI is InChI=1S/C38H24N4O/c1-4-10-25(11-5-1)35-40-36(26-12-6-2-7-13-26)42-37(41-35)32-19-18-28-22-29(16-17-30(28)23-32)31-20-21-33-34(24-31)43-38(39-33)27-14-8-3-9-15-27/h1-24H. The van der Waals surface area contributed by atoms with Gasteiger partial charge in [-0.05, 0) is 58.3 Å². The lowest BCUT2D eigenvalue weighted by atomic mass is 9.99. The first-order valence-electron chi connectivity index (χ1n) is 14.1. The minimum atomic E-state index is 0.628. The Labute approximate surface area is 248 Å². The normalized spacial score (nSPS) is 11.3. The highest BCUT2D eigenvalue weighted by Gasteiger charge is 2.13. The topological polar surface area (TPSA) is 64.7 Å². The summed E-state index contributed by atoms with van der Waals surface area (Å²) in [6.45, 7) is 0. The first-order chi connectivity index (χ1) is 21.3. The molecule has 6 aromatic carbocycles. The summed E-state index contributed by atoms with van der Waals surface area (Å²) in [6.07, 6.45) is 0. The zero-order valence-corrected chi connectivity index (χ0v) is 23.1. The fourth-order valence-electron chi connectivity index (χ4n) is 5.31. The van der Waals surface area contributed by atoms with E-state index in [1.54, 1.807) is 0 Å². The van der Waals surface area contributed by atoms with Crippen LogP contribution in [0.25, 0.3) is 78.6 Å². The Balaban J connectivity index is 1.16. The number of fused-ring (bicyclic) bond motifs is 2. The highest BCUT2D eigenvalue weighted by Crippen LogP contribution is 2.32. The summed E-state index contributed by atoms with van der Waals surface area (Å²) in [5.74, 6) is 2.57. The van der Waals surface area contributed by atoms with Gasteiger partial charge in [0.2, 0.25) is 5.89 Å². The van der Waals surface area contributed by atoms with Gasteiger partial charge in [0.1, 0.15) is 5.52 Å². The molecule has 2 aromatic heterocycles. The van der Waals surface area contributed by atoms with E-state index in [9.17, 15) is 0 Å². The van der Waals surface area contributed by atoms with Gasteiger partial charge < -0.3 is 4.42 Å². The molecule has 0 bridgehead atoms. The van der Waals surface area contributed by atoms with E-state index < -0.39 is 0 Å². The van der Waals surface area contributed by atoms with Crippen LogP contribution in [0.3, 0.4) is 0 Å². The van der Waals surface area contributed by atoms with Crippen molar-refractivity contribution in [2.75, 3.05) is 0 Å². The lowest BCUT2D eigenvalue weighted by Crippen LogP contribution is -2.00. The van der Waals surface area contributed by atoms with E-state index in [2.05, 4.69) is 53.5 Å². The minimum Gasteiger partial charge on any atom is -0.436 e. The molecule has 0 radical (unpaired) electrons. The molecule has 5 heteroatoms. The van der Waals surface area contributed by atoms with Crippen LogP contribution in [-0.4, -0.2) is 19.9 Å². The summed E-state index contributed by atoms with van der Waals surface area (Å²) in [6, 6.07) is 49.0. The fourth-order valence-corrected chi connectivity index (χ4v) is 5.31. The number of hydrogen-bond donors (Lipinski definition) is 0. The molecule has 0 saturated heterocycles. The number of rotatable bonds is 5. The van der Waals surface area contributed by atoms with Crippen molar-refractivity contribution in [2.24, 2.45) is 0 Å². The molecular weight excluding hydrogens is 528 g/mol. The highest BCUT2D eigenvalue weighted by molar-refractivity contribution is 5.91. The van der Waals surface area contributed by atoms with Gasteiger partial charge in [-0.3, -0.25) is 0 Å². The molecule has 43 heavy (non-hydrogen) atoms. The lowest BCUT2D eigenvalue weighted by molar-refractivity contribution is 0.620. The molecule has 0 N–H and O–H groups in total. The average molecular weight is 553 g/mol. The van der Waals surface area contributed by atoms with Crippen LogP contribution in [0.5, 0.6) is 0 Å². The Morgan fingerprint density at radius 2 is 0.814 bits per heavy atom. The lowest BCUT2D eigenvalue weighted by Gasteiger charge is -2.10. The maximum absolute atomic E-state index is 6.12. The maximum atomic E-state index is 6.12. The van der Waals surface area contributed by atoms with Gasteiger partial charge in [-0.1, -0.05) is 109 Å². The van der Waals surface area contributed by atoms with Crippen molar-refractivity contribution >= 4 is 21.9 Å². The van der Waals surface area contributed by atoms with Crippen molar-refractivity contribution in [2.45, 2.75) is 0 Å². The monoisotopic (exact) mass is 552 g/mol. The minimum absolute atomic E-state index is 0.628. The Morgan fingerprint density at radius 3 is 1.42 bits per heavy atom. The molecule has 0 aliphatic heterocycles. The highest BCUT2D eigenvalue weighted by atomic mass is 16.3. The maximum Gasteiger partial charge on any atom is 0.227 e. The quantitative estimate of drug-likeness (QED) is 0.213. The van der Waals surface area contributed by atoms with Crippen molar-refractivity contribution in [1.82, 2.24) is 19.9 Å². The average Bonchev–Trinajstić information content (AvgIpc) is 3.53. The molecule has 202 valence electrons. The predicted molar refractivity (Wildman–Crippen MR) is 172 cm³/mol. The van der Waals surface area contributed by atoms with Crippen LogP contribution in [0, 0.1) is 0 Å². The van der Waals surface area contributed by atoms with E-state index in [1.165, 1.54) is 0 Å². The Morgan fingerprint density at radius 1 is 0.349 bits per heavy atom. The Bertz CT molecular complexity index is 2170. The smallest absolute Gasteiger partial charge is 0.227 e. The summed E-state index contributed by atoms with van der Waals surface area (Å²) in [7, 11) is 0. The van der Waals surface area contributed by atoms with Crippen molar-refractivity contribution < 1.29 is 4.42 Å². The van der Waals surface area contributed by atoms with Gasteiger partial charge in [0, 0.05) is 22.3 Å². The third kappa shape index (κ3) is 4.83. The number of hydrogen-bond acceptors (Lipinski definition) is 5. The molecule has 0 atom stereocenters. The van der Waals surface area contributed by atoms with E-state index in [0.717, 1.165) is 55.3 Å². The molecule has 0 aliphatic rings. The van der Waals surface area contributed by atoms with Crippen LogP contribution in [0.2, 0.25) is 0 Å². The molecule has 0 amide bonds. The first kappa shape index (κ1) is 24.8. The molecule has 8 rings (SSSR count). The Hall–Kier alpha value is -5.94. The second-order valence-corrected chi connectivity index (χ2v) is 10.4. The number of aromatic nitrogens is 4. The molecule has 5 nitrogen and oxygen atoms in total. The summed E-state index contributed by atoms with van der Waals surface area (Å²) < 4.78 is 6.12. The third-order valence-corrected chi connectivity index (χ3v) is 7.54. The SMILES string of the molecule is c1ccc(-c2nc(-c3ccccc3)nc(-c3ccc4cc(-c5ccc6nc(-c7ccccc7)oc6c5)ccc4c3)n2)cc1. The second kappa shape index (κ2) is 10.5. The van der Waals surface area contributed by atoms with Gasteiger partial charge in [-0.2, -0.15) is 0 Å². The van der Waals surface area contributed by atoms with Crippen LogP contribution < -0.4 is 0 Å². The van der Waals surface area contributed by atoms with Crippen molar-refractivity contribution in [3.63, 3.8) is 0 Å². The summed E-state index contributed by atoms with van der Waals surface area (Å²) in [5, 5.41) is 2.24. The molecule has 8 aromatic rings. The van der Waals surface area contributed by atoms with E-state index in [4.69, 9.17) is 19.4 Å². The number of nitrogens with zero attached hydrogens (tertiary/aromatic N) is 4. The fraction of sp³-hybridized carbons (Fsp3) is 0. The van der Waals surface area contributed by atoms with Crippen LogP contribution in [0.15, 0.2) is 150 Å². The van der Waals surface area contributed by atoms with Crippen LogP contribution in [0.1, 0.15) is 0 Å². The zero-order valence-electron chi connectivity index (χ0n) is 23.1. The van der Waals surface area contributed by atoms with E-state index >= 15 is 0 Å². The van der Waals surface area contributed by atoms with Crippen LogP contribution in [-0.2, 0) is 0 Å². The first-order valence-corrected chi connectivity index (χ1v) is 14.1. The van der Waals surface area contributed by atoms with Crippen molar-refractivity contribution in [3.8, 4) is 56.7 Å². The zero-order chi connectivity index (χ0) is 28.6. The summed E-state index contributed by atoms with van der Waals surface area (Å²) in [4.78, 5) is 19.3. The molecule has 0 unspecified atom stereocenters. The van der Waals surface area contributed by atoms with Gasteiger partial charge in [-0.15, -0.1) is 0 Å². The van der Waals surface area contributed by atoms with Gasteiger partial charge >= 0.3 is 0 Å². The van der Waals surface area contributed by atoms with Crippen molar-refractivity contribution in [1.29, 1.82) is 0 Å².